The topological polar surface area (TPSA) is 96.9 Å². The van der Waals surface area contributed by atoms with Crippen LogP contribution in [0.4, 0.5) is 0 Å². The summed E-state index contributed by atoms with van der Waals surface area (Å²) in [5.74, 6) is 0.436. The number of carbonyl (C=O) groups is 2. The molecule has 0 aromatic heterocycles. The number of hydrogen-bond acceptors (Lipinski definition) is 5. The Hall–Kier alpha value is -4.10. The second kappa shape index (κ2) is 13.8. The largest absolute Gasteiger partial charge is 0.493 e. The molecule has 0 aliphatic heterocycles. The Morgan fingerprint density at radius 2 is 1.68 bits per heavy atom. The minimum atomic E-state index is -0.499. The lowest BCUT2D eigenvalue weighted by Gasteiger charge is -2.12. The molecule has 3 aromatic carbocycles. The van der Waals surface area contributed by atoms with Gasteiger partial charge in [0.05, 0.1) is 19.3 Å². The van der Waals surface area contributed by atoms with Crippen molar-refractivity contribution in [2.24, 2.45) is 0 Å². The summed E-state index contributed by atoms with van der Waals surface area (Å²) in [4.78, 5) is 25.5. The van der Waals surface area contributed by atoms with Crippen LogP contribution in [0.5, 0.6) is 11.5 Å². The van der Waals surface area contributed by atoms with Crippen molar-refractivity contribution in [2.45, 2.75) is 33.3 Å². The van der Waals surface area contributed by atoms with Crippen LogP contribution in [0.2, 0.25) is 0 Å². The smallest absolute Gasteiger partial charge is 0.267 e. The summed E-state index contributed by atoms with van der Waals surface area (Å²) in [6, 6.07) is 22.2. The maximum Gasteiger partial charge on any atom is 0.267 e. The van der Waals surface area contributed by atoms with Crippen molar-refractivity contribution in [1.29, 1.82) is 0 Å². The van der Waals surface area contributed by atoms with Crippen LogP contribution in [-0.4, -0.2) is 42.8 Å². The number of carbonyl (C=O) groups excluding carboxylic acids is 2. The molecule has 194 valence electrons. The fraction of sp³-hybridized carbons (Fsp3) is 0.267. The average Bonchev–Trinajstić information content (AvgIpc) is 2.88. The second-order valence-electron chi connectivity index (χ2n) is 8.84. The Balaban J connectivity index is 1.65. The molecule has 0 radical (unpaired) electrons. The van der Waals surface area contributed by atoms with Gasteiger partial charge in [0.2, 0.25) is 0 Å². The van der Waals surface area contributed by atoms with Gasteiger partial charge in [-0.05, 0) is 74.4 Å². The number of hydrogen-bond donors (Lipinski definition) is 3. The first kappa shape index (κ1) is 27.5. The molecular weight excluding hydrogens is 468 g/mol. The molecule has 2 amide bonds. The molecule has 7 heteroatoms. The number of rotatable bonds is 12. The fourth-order valence-corrected chi connectivity index (χ4v) is 3.56. The molecule has 37 heavy (non-hydrogen) atoms. The van der Waals surface area contributed by atoms with E-state index >= 15 is 0 Å². The van der Waals surface area contributed by atoms with Crippen LogP contribution < -0.4 is 20.1 Å². The van der Waals surface area contributed by atoms with Gasteiger partial charge in [-0.2, -0.15) is 0 Å². The van der Waals surface area contributed by atoms with Crippen LogP contribution in [0.25, 0.3) is 6.08 Å². The normalized spacial score (nSPS) is 11.2. The first-order valence-electron chi connectivity index (χ1n) is 12.3. The minimum Gasteiger partial charge on any atom is -0.493 e. The third-order valence-electron chi connectivity index (χ3n) is 5.31. The lowest BCUT2D eigenvalue weighted by molar-refractivity contribution is -0.117. The molecule has 0 aliphatic carbocycles. The minimum absolute atomic E-state index is 0.0467. The van der Waals surface area contributed by atoms with Crippen molar-refractivity contribution in [1.82, 2.24) is 10.6 Å². The quantitative estimate of drug-likeness (QED) is 0.321. The molecule has 0 bridgehead atoms. The summed E-state index contributed by atoms with van der Waals surface area (Å²) in [6.45, 7) is 6.33. The number of aliphatic hydroxyl groups is 1. The summed E-state index contributed by atoms with van der Waals surface area (Å²) in [5, 5.41) is 14.3. The van der Waals surface area contributed by atoms with Crippen molar-refractivity contribution in [3.05, 3.63) is 101 Å². The van der Waals surface area contributed by atoms with E-state index in [9.17, 15) is 9.59 Å². The van der Waals surface area contributed by atoms with E-state index in [1.165, 1.54) is 11.1 Å². The Kier molecular flexibility index (Phi) is 10.3. The Morgan fingerprint density at radius 1 is 0.973 bits per heavy atom. The lowest BCUT2D eigenvalue weighted by atomic mass is 10.1. The predicted octanol–water partition coefficient (Wildman–Crippen LogP) is 4.28. The highest BCUT2D eigenvalue weighted by Crippen LogP contribution is 2.17. The summed E-state index contributed by atoms with van der Waals surface area (Å²) in [5.41, 5.74) is 3.57. The summed E-state index contributed by atoms with van der Waals surface area (Å²) >= 11 is 0. The highest BCUT2D eigenvalue weighted by molar-refractivity contribution is 6.05. The van der Waals surface area contributed by atoms with Gasteiger partial charge in [-0.3, -0.25) is 9.59 Å². The fourth-order valence-electron chi connectivity index (χ4n) is 3.56. The molecule has 0 spiro atoms. The van der Waals surface area contributed by atoms with E-state index in [1.54, 1.807) is 54.6 Å². The van der Waals surface area contributed by atoms with Gasteiger partial charge >= 0.3 is 0 Å². The van der Waals surface area contributed by atoms with Crippen molar-refractivity contribution in [3.8, 4) is 11.5 Å². The molecule has 0 atom stereocenters. The van der Waals surface area contributed by atoms with E-state index in [4.69, 9.17) is 14.6 Å². The molecule has 0 saturated heterocycles. The molecule has 3 aromatic rings. The van der Waals surface area contributed by atoms with Crippen LogP contribution in [0, 0.1) is 6.92 Å². The van der Waals surface area contributed by atoms with E-state index in [1.807, 2.05) is 19.9 Å². The molecule has 0 saturated carbocycles. The molecule has 0 fully saturated rings. The zero-order chi connectivity index (χ0) is 26.6. The maximum absolute atomic E-state index is 12.9. The van der Waals surface area contributed by atoms with Gasteiger partial charge in [0.25, 0.3) is 11.8 Å². The third-order valence-corrected chi connectivity index (χ3v) is 5.31. The Bertz CT molecular complexity index is 1200. The zero-order valence-corrected chi connectivity index (χ0v) is 21.5. The predicted molar refractivity (Wildman–Crippen MR) is 145 cm³/mol. The molecule has 0 heterocycles. The zero-order valence-electron chi connectivity index (χ0n) is 21.5. The third kappa shape index (κ3) is 9.13. The molecule has 0 aliphatic rings. The van der Waals surface area contributed by atoms with Gasteiger partial charge in [-0.1, -0.05) is 42.0 Å². The number of ether oxygens (including phenoxy) is 2. The van der Waals surface area contributed by atoms with Crippen LogP contribution in [0.15, 0.2) is 78.5 Å². The second-order valence-corrected chi connectivity index (χ2v) is 8.84. The van der Waals surface area contributed by atoms with Crippen molar-refractivity contribution in [3.63, 3.8) is 0 Å². The number of aryl methyl sites for hydroxylation is 1. The van der Waals surface area contributed by atoms with Gasteiger partial charge < -0.3 is 25.2 Å². The van der Waals surface area contributed by atoms with Gasteiger partial charge in [-0.25, -0.2) is 0 Å². The van der Waals surface area contributed by atoms with Crippen molar-refractivity contribution in [2.75, 3.05) is 19.8 Å². The highest BCUT2D eigenvalue weighted by Gasteiger charge is 2.15. The molecule has 3 rings (SSSR count). The van der Waals surface area contributed by atoms with E-state index in [-0.39, 0.29) is 25.0 Å². The van der Waals surface area contributed by atoms with Crippen LogP contribution in [0.3, 0.4) is 0 Å². The first-order chi connectivity index (χ1) is 17.8. The number of aliphatic hydroxyl groups excluding tert-OH is 1. The Labute approximate surface area is 218 Å². The maximum atomic E-state index is 12.9. The molecular formula is C30H34N2O5. The van der Waals surface area contributed by atoms with Crippen LogP contribution >= 0.6 is 0 Å². The van der Waals surface area contributed by atoms with Gasteiger partial charge in [0.15, 0.2) is 0 Å². The van der Waals surface area contributed by atoms with Crippen LogP contribution in [-0.2, 0) is 11.2 Å². The van der Waals surface area contributed by atoms with Gasteiger partial charge in [0, 0.05) is 18.5 Å². The van der Waals surface area contributed by atoms with Crippen molar-refractivity contribution >= 4 is 17.9 Å². The van der Waals surface area contributed by atoms with Gasteiger partial charge in [-0.15, -0.1) is 0 Å². The van der Waals surface area contributed by atoms with Gasteiger partial charge in [0.1, 0.15) is 17.2 Å². The Morgan fingerprint density at radius 3 is 2.32 bits per heavy atom. The lowest BCUT2D eigenvalue weighted by Crippen LogP contribution is -2.36. The van der Waals surface area contributed by atoms with Crippen molar-refractivity contribution < 1.29 is 24.2 Å². The van der Waals surface area contributed by atoms with E-state index in [2.05, 4.69) is 35.8 Å². The summed E-state index contributed by atoms with van der Waals surface area (Å²) in [6.07, 6.45) is 2.41. The SMILES string of the molecule is Cc1cccc(CCOc2ccc(C(=O)N/C(=C\c3ccc(OC(C)C)cc3)C(=O)NCCO)cc2)c1. The molecule has 7 nitrogen and oxygen atoms in total. The summed E-state index contributed by atoms with van der Waals surface area (Å²) < 4.78 is 11.5. The number of benzene rings is 3. The van der Waals surface area contributed by atoms with E-state index in [0.717, 1.165) is 6.42 Å². The van der Waals surface area contributed by atoms with E-state index < -0.39 is 11.8 Å². The average molecular weight is 503 g/mol. The molecule has 3 N–H and O–H groups in total. The van der Waals surface area contributed by atoms with Crippen LogP contribution in [0.1, 0.15) is 40.9 Å². The monoisotopic (exact) mass is 502 g/mol. The standard InChI is InChI=1S/C30H34N2O5/c1-21(2)37-27-11-7-24(8-12-27)20-28(30(35)31-16-17-33)32-29(34)25-9-13-26(14-10-25)36-18-15-23-6-4-5-22(3)19-23/h4-14,19-21,33H,15-18H2,1-3H3,(H,31,35)(H,32,34)/b28-20-. The van der Waals surface area contributed by atoms with E-state index in [0.29, 0.717) is 29.2 Å². The molecule has 0 unspecified atom stereocenters. The first-order valence-corrected chi connectivity index (χ1v) is 12.3. The number of amides is 2. The number of nitrogens with one attached hydrogen (secondary N) is 2. The summed E-state index contributed by atoms with van der Waals surface area (Å²) in [7, 11) is 0. The highest BCUT2D eigenvalue weighted by atomic mass is 16.5.